The SMILES string of the molecule is CCc1ccc(N2C(=O)NC(c3ccc(OC)c(O)c3)C(c3nc(-c4cccc(C)c4)no3)=C2C)cc1. The first-order chi connectivity index (χ1) is 17.9. The van der Waals surface area contributed by atoms with Crippen molar-refractivity contribution in [3.8, 4) is 22.9 Å². The van der Waals surface area contributed by atoms with Crippen LogP contribution < -0.4 is 15.0 Å². The van der Waals surface area contributed by atoms with Gasteiger partial charge < -0.3 is 19.7 Å². The van der Waals surface area contributed by atoms with Crippen LogP contribution in [0, 0.1) is 6.92 Å². The average Bonchev–Trinajstić information content (AvgIpc) is 3.38. The maximum atomic E-state index is 13.4. The molecule has 2 heterocycles. The van der Waals surface area contributed by atoms with Crippen LogP contribution in [-0.2, 0) is 6.42 Å². The Morgan fingerprint density at radius 1 is 1.08 bits per heavy atom. The Balaban J connectivity index is 1.65. The van der Waals surface area contributed by atoms with Crippen molar-refractivity contribution in [1.29, 1.82) is 0 Å². The van der Waals surface area contributed by atoms with E-state index in [1.54, 1.807) is 23.1 Å². The standard InChI is InChI=1S/C29H28N4O4/c1-5-19-9-12-22(13-10-19)33-18(3)25(28-31-27(32-37-28)21-8-6-7-17(2)15-21)26(30-29(33)35)20-11-14-24(36-4)23(34)16-20/h6-16,26,34H,5H2,1-4H3,(H,30,35). The fourth-order valence-corrected chi connectivity index (χ4v) is 4.58. The molecule has 0 aliphatic carbocycles. The van der Waals surface area contributed by atoms with Gasteiger partial charge in [-0.1, -0.05) is 54.0 Å². The van der Waals surface area contributed by atoms with Crippen molar-refractivity contribution < 1.29 is 19.2 Å². The van der Waals surface area contributed by atoms with Crippen LogP contribution in [0.25, 0.3) is 17.0 Å². The highest BCUT2D eigenvalue weighted by Crippen LogP contribution is 2.41. The van der Waals surface area contributed by atoms with Gasteiger partial charge in [0.2, 0.25) is 5.82 Å². The Hall–Kier alpha value is -4.59. The third-order valence-electron chi connectivity index (χ3n) is 6.56. The summed E-state index contributed by atoms with van der Waals surface area (Å²) in [5.41, 5.74) is 5.74. The maximum absolute atomic E-state index is 13.4. The highest BCUT2D eigenvalue weighted by molar-refractivity contribution is 6.01. The predicted molar refractivity (Wildman–Crippen MR) is 141 cm³/mol. The van der Waals surface area contributed by atoms with E-state index >= 15 is 0 Å². The highest BCUT2D eigenvalue weighted by atomic mass is 16.5. The Morgan fingerprint density at radius 2 is 1.86 bits per heavy atom. The van der Waals surface area contributed by atoms with E-state index in [1.807, 2.05) is 62.4 Å². The van der Waals surface area contributed by atoms with Crippen LogP contribution in [0.1, 0.15) is 42.5 Å². The molecule has 188 valence electrons. The summed E-state index contributed by atoms with van der Waals surface area (Å²) in [6.45, 7) is 5.94. The van der Waals surface area contributed by atoms with Crippen LogP contribution in [0.4, 0.5) is 10.5 Å². The van der Waals surface area contributed by atoms with Crippen LogP contribution in [0.5, 0.6) is 11.5 Å². The van der Waals surface area contributed by atoms with E-state index in [0.29, 0.717) is 28.4 Å². The minimum atomic E-state index is -0.638. The molecule has 5 rings (SSSR count). The molecule has 8 heteroatoms. The zero-order chi connectivity index (χ0) is 26.1. The molecule has 8 nitrogen and oxygen atoms in total. The van der Waals surface area contributed by atoms with E-state index in [9.17, 15) is 9.90 Å². The number of nitrogens with zero attached hydrogens (tertiary/aromatic N) is 3. The molecule has 0 fully saturated rings. The molecule has 0 spiro atoms. The number of anilines is 1. The fourth-order valence-electron chi connectivity index (χ4n) is 4.58. The van der Waals surface area contributed by atoms with Crippen LogP contribution in [-0.4, -0.2) is 28.4 Å². The molecule has 1 aliphatic rings. The number of benzene rings is 3. The van der Waals surface area contributed by atoms with E-state index in [-0.39, 0.29) is 17.7 Å². The average molecular weight is 497 g/mol. The lowest BCUT2D eigenvalue weighted by Crippen LogP contribution is -2.46. The van der Waals surface area contributed by atoms with Gasteiger partial charge in [-0.3, -0.25) is 4.90 Å². The summed E-state index contributed by atoms with van der Waals surface area (Å²) in [5, 5.41) is 17.7. The Morgan fingerprint density at radius 3 is 2.54 bits per heavy atom. The lowest BCUT2D eigenvalue weighted by Gasteiger charge is -2.35. The number of aromatic hydroxyl groups is 1. The van der Waals surface area contributed by atoms with Gasteiger partial charge in [0.1, 0.15) is 0 Å². The second-order valence-corrected chi connectivity index (χ2v) is 8.96. The van der Waals surface area contributed by atoms with Gasteiger partial charge in [0, 0.05) is 11.3 Å². The number of methoxy groups -OCH3 is 1. The summed E-state index contributed by atoms with van der Waals surface area (Å²) in [6, 6.07) is 19.8. The number of carbonyl (C=O) groups excluding carboxylic acids is 1. The molecule has 0 radical (unpaired) electrons. The van der Waals surface area contributed by atoms with Crippen molar-refractivity contribution in [2.45, 2.75) is 33.2 Å². The van der Waals surface area contributed by atoms with Gasteiger partial charge in [0.15, 0.2) is 11.5 Å². The molecule has 2 amide bonds. The number of urea groups is 1. The van der Waals surface area contributed by atoms with E-state index in [4.69, 9.17) is 14.2 Å². The molecule has 3 aromatic carbocycles. The molecule has 1 unspecified atom stereocenters. The topological polar surface area (TPSA) is 101 Å². The number of amides is 2. The summed E-state index contributed by atoms with van der Waals surface area (Å²) >= 11 is 0. The van der Waals surface area contributed by atoms with Gasteiger partial charge in [-0.05, 0) is 61.7 Å². The molecule has 1 aromatic heterocycles. The van der Waals surface area contributed by atoms with Crippen LogP contribution in [0.2, 0.25) is 0 Å². The monoisotopic (exact) mass is 496 g/mol. The van der Waals surface area contributed by atoms with E-state index in [2.05, 4.69) is 17.4 Å². The van der Waals surface area contributed by atoms with Crippen LogP contribution >= 0.6 is 0 Å². The lowest BCUT2D eigenvalue weighted by molar-refractivity contribution is 0.244. The van der Waals surface area contributed by atoms with Gasteiger partial charge in [0.25, 0.3) is 5.89 Å². The minimum Gasteiger partial charge on any atom is -0.504 e. The number of carbonyl (C=O) groups is 1. The fraction of sp³-hybridized carbons (Fsp3) is 0.207. The molecule has 0 bridgehead atoms. The molecule has 1 aliphatic heterocycles. The third kappa shape index (κ3) is 4.53. The first-order valence-corrected chi connectivity index (χ1v) is 12.1. The van der Waals surface area contributed by atoms with Crippen molar-refractivity contribution in [3.63, 3.8) is 0 Å². The number of nitrogens with one attached hydrogen (secondary N) is 1. The summed E-state index contributed by atoms with van der Waals surface area (Å²) in [4.78, 5) is 19.7. The summed E-state index contributed by atoms with van der Waals surface area (Å²) in [7, 11) is 1.49. The number of phenolic OH excluding ortho intramolecular Hbond substituents is 1. The zero-order valence-corrected chi connectivity index (χ0v) is 21.1. The van der Waals surface area contributed by atoms with E-state index < -0.39 is 6.04 Å². The van der Waals surface area contributed by atoms with Gasteiger partial charge in [-0.15, -0.1) is 0 Å². The van der Waals surface area contributed by atoms with Crippen molar-refractivity contribution in [1.82, 2.24) is 15.5 Å². The number of hydrogen-bond acceptors (Lipinski definition) is 6. The minimum absolute atomic E-state index is 0.0326. The molecule has 0 saturated carbocycles. The van der Waals surface area contributed by atoms with Gasteiger partial charge in [-0.2, -0.15) is 4.98 Å². The first kappa shape index (κ1) is 24.1. The quantitative estimate of drug-likeness (QED) is 0.338. The van der Waals surface area contributed by atoms with Crippen molar-refractivity contribution in [2.24, 2.45) is 0 Å². The van der Waals surface area contributed by atoms with Gasteiger partial charge in [0.05, 0.1) is 24.4 Å². The molecular formula is C29H28N4O4. The summed E-state index contributed by atoms with van der Waals surface area (Å²) < 4.78 is 11.0. The predicted octanol–water partition coefficient (Wildman–Crippen LogP) is 6.02. The second kappa shape index (κ2) is 9.81. The summed E-state index contributed by atoms with van der Waals surface area (Å²) in [5.74, 6) is 1.04. The van der Waals surface area contributed by atoms with E-state index in [1.165, 1.54) is 12.7 Å². The first-order valence-electron chi connectivity index (χ1n) is 12.1. The Labute approximate surface area is 215 Å². The van der Waals surface area contributed by atoms with Crippen molar-refractivity contribution >= 4 is 17.3 Å². The number of hydrogen-bond donors (Lipinski definition) is 2. The summed E-state index contributed by atoms with van der Waals surface area (Å²) in [6.07, 6.45) is 0.902. The van der Waals surface area contributed by atoms with Gasteiger partial charge >= 0.3 is 6.03 Å². The number of aryl methyl sites for hydroxylation is 2. The normalized spacial score (nSPS) is 15.6. The second-order valence-electron chi connectivity index (χ2n) is 8.96. The zero-order valence-electron chi connectivity index (χ0n) is 21.1. The molecule has 1 atom stereocenters. The molecular weight excluding hydrogens is 468 g/mol. The van der Waals surface area contributed by atoms with E-state index in [0.717, 1.165) is 23.2 Å². The van der Waals surface area contributed by atoms with Crippen molar-refractivity contribution in [3.05, 3.63) is 95.0 Å². The lowest BCUT2D eigenvalue weighted by atomic mass is 9.94. The number of phenols is 1. The van der Waals surface area contributed by atoms with Gasteiger partial charge in [-0.25, -0.2) is 4.79 Å². The number of allylic oxidation sites excluding steroid dienone is 1. The highest BCUT2D eigenvalue weighted by Gasteiger charge is 2.36. The molecule has 4 aromatic rings. The largest absolute Gasteiger partial charge is 0.504 e. The third-order valence-corrected chi connectivity index (χ3v) is 6.56. The number of aromatic nitrogens is 2. The van der Waals surface area contributed by atoms with Crippen LogP contribution in [0.3, 0.4) is 0 Å². The molecule has 37 heavy (non-hydrogen) atoms. The Bertz CT molecular complexity index is 1490. The maximum Gasteiger partial charge on any atom is 0.326 e. The number of rotatable bonds is 6. The number of ether oxygens (including phenoxy) is 1. The molecule has 0 saturated heterocycles. The molecule has 2 N–H and O–H groups in total. The smallest absolute Gasteiger partial charge is 0.326 e. The van der Waals surface area contributed by atoms with Crippen LogP contribution in [0.15, 0.2) is 77.0 Å². The van der Waals surface area contributed by atoms with Crippen molar-refractivity contribution in [2.75, 3.05) is 12.0 Å². The Kier molecular flexibility index (Phi) is 6.40.